The van der Waals surface area contributed by atoms with Gasteiger partial charge in [-0.3, -0.25) is 9.69 Å². The van der Waals surface area contributed by atoms with Gasteiger partial charge in [-0.25, -0.2) is 0 Å². The monoisotopic (exact) mass is 428 g/mol. The van der Waals surface area contributed by atoms with Crippen LogP contribution in [0, 0.1) is 17.8 Å². The predicted octanol–water partition coefficient (Wildman–Crippen LogP) is 5.11. The van der Waals surface area contributed by atoms with Gasteiger partial charge in [-0.2, -0.15) is 0 Å². The van der Waals surface area contributed by atoms with Crippen LogP contribution in [0.5, 0.6) is 5.75 Å². The third kappa shape index (κ3) is 5.86. The minimum Gasteiger partial charge on any atom is -0.497 e. The van der Waals surface area contributed by atoms with Crippen molar-refractivity contribution in [2.75, 3.05) is 33.3 Å². The summed E-state index contributed by atoms with van der Waals surface area (Å²) in [5.74, 6) is 2.48. The fourth-order valence-corrected chi connectivity index (χ4v) is 5.24. The fraction of sp³-hybridized carbons (Fsp3) is 0.560. The molecule has 1 aromatic carbocycles. The van der Waals surface area contributed by atoms with Crippen molar-refractivity contribution in [2.24, 2.45) is 17.8 Å². The second-order valence-corrected chi connectivity index (χ2v) is 10.2. The summed E-state index contributed by atoms with van der Waals surface area (Å²) in [4.78, 5) is 19.0. The number of benzene rings is 1. The van der Waals surface area contributed by atoms with Crippen LogP contribution in [0.1, 0.15) is 44.1 Å². The number of carbonyl (C=O) groups is 1. The van der Waals surface area contributed by atoms with Crippen molar-refractivity contribution in [3.05, 3.63) is 52.2 Å². The quantitative estimate of drug-likeness (QED) is 0.556. The van der Waals surface area contributed by atoms with E-state index in [4.69, 9.17) is 4.74 Å². The van der Waals surface area contributed by atoms with Crippen LogP contribution in [0.15, 0.2) is 41.8 Å². The Balaban J connectivity index is 1.83. The zero-order valence-electron chi connectivity index (χ0n) is 19.0. The smallest absolute Gasteiger partial charge is 0.225 e. The molecule has 0 radical (unpaired) electrons. The highest BCUT2D eigenvalue weighted by molar-refractivity contribution is 7.09. The Morgan fingerprint density at radius 1 is 1.20 bits per heavy atom. The summed E-state index contributed by atoms with van der Waals surface area (Å²) >= 11 is 1.82. The number of methoxy groups -OCH3 is 1. The highest BCUT2D eigenvalue weighted by Crippen LogP contribution is 2.36. The first-order chi connectivity index (χ1) is 14.4. The average molecular weight is 429 g/mol. The second-order valence-electron chi connectivity index (χ2n) is 9.21. The van der Waals surface area contributed by atoms with Gasteiger partial charge in [-0.05, 0) is 41.0 Å². The van der Waals surface area contributed by atoms with Crippen molar-refractivity contribution in [3.63, 3.8) is 0 Å². The maximum atomic E-state index is 12.9. The lowest BCUT2D eigenvalue weighted by Crippen LogP contribution is -2.41. The van der Waals surface area contributed by atoms with E-state index >= 15 is 0 Å². The number of carbonyl (C=O) groups excluding carboxylic acids is 1. The molecule has 1 saturated heterocycles. The number of hydrogen-bond donors (Lipinski definition) is 0. The third-order valence-electron chi connectivity index (χ3n) is 5.84. The van der Waals surface area contributed by atoms with Gasteiger partial charge in [0.25, 0.3) is 0 Å². The van der Waals surface area contributed by atoms with Gasteiger partial charge in [0.1, 0.15) is 5.75 Å². The number of rotatable bonds is 9. The Kier molecular flexibility index (Phi) is 7.95. The molecule has 0 bridgehead atoms. The molecule has 1 aliphatic heterocycles. The molecule has 2 atom stereocenters. The molecule has 2 aromatic rings. The molecule has 0 saturated carbocycles. The normalized spacial score (nSPS) is 19.6. The van der Waals surface area contributed by atoms with Crippen LogP contribution in [-0.2, 0) is 11.3 Å². The highest BCUT2D eigenvalue weighted by Gasteiger charge is 2.36. The molecule has 30 heavy (non-hydrogen) atoms. The molecule has 1 aliphatic rings. The summed E-state index contributed by atoms with van der Waals surface area (Å²) in [6.45, 7) is 13.1. The lowest BCUT2D eigenvalue weighted by atomic mass is 9.88. The van der Waals surface area contributed by atoms with Gasteiger partial charge in [0, 0.05) is 49.4 Å². The molecule has 2 heterocycles. The topological polar surface area (TPSA) is 32.8 Å². The summed E-state index contributed by atoms with van der Waals surface area (Å²) in [7, 11) is 1.72. The van der Waals surface area contributed by atoms with Gasteiger partial charge < -0.3 is 9.64 Å². The van der Waals surface area contributed by atoms with E-state index in [0.717, 1.165) is 38.5 Å². The van der Waals surface area contributed by atoms with Crippen LogP contribution in [-0.4, -0.2) is 49.0 Å². The third-order valence-corrected chi connectivity index (χ3v) is 6.71. The first-order valence-corrected chi connectivity index (χ1v) is 11.9. The number of amides is 1. The van der Waals surface area contributed by atoms with E-state index in [2.05, 4.69) is 59.4 Å². The summed E-state index contributed by atoms with van der Waals surface area (Å²) in [6.07, 6.45) is 0. The van der Waals surface area contributed by atoms with Gasteiger partial charge in [0.05, 0.1) is 7.11 Å². The summed E-state index contributed by atoms with van der Waals surface area (Å²) < 4.78 is 5.49. The van der Waals surface area contributed by atoms with Crippen LogP contribution in [0.25, 0.3) is 0 Å². The van der Waals surface area contributed by atoms with Crippen LogP contribution in [0.2, 0.25) is 0 Å². The number of thiophene rings is 1. The number of hydrogen-bond acceptors (Lipinski definition) is 4. The van der Waals surface area contributed by atoms with Gasteiger partial charge in [0.15, 0.2) is 0 Å². The summed E-state index contributed by atoms with van der Waals surface area (Å²) in [5, 5.41) is 2.15. The van der Waals surface area contributed by atoms with Crippen LogP contribution in [0.3, 0.4) is 0 Å². The van der Waals surface area contributed by atoms with Gasteiger partial charge in [-0.15, -0.1) is 11.3 Å². The number of likely N-dealkylation sites (tertiary alicyclic amines) is 1. The first kappa shape index (κ1) is 22.8. The van der Waals surface area contributed by atoms with Gasteiger partial charge >= 0.3 is 0 Å². The molecule has 4 nitrogen and oxygen atoms in total. The van der Waals surface area contributed by atoms with Crippen molar-refractivity contribution in [2.45, 2.75) is 40.2 Å². The molecule has 3 rings (SSSR count). The van der Waals surface area contributed by atoms with Gasteiger partial charge in [0.2, 0.25) is 5.91 Å². The zero-order chi connectivity index (χ0) is 21.7. The molecule has 1 fully saturated rings. The lowest BCUT2D eigenvalue weighted by Gasteiger charge is -2.31. The van der Waals surface area contributed by atoms with Crippen molar-refractivity contribution in [1.82, 2.24) is 9.80 Å². The van der Waals surface area contributed by atoms with Crippen LogP contribution in [0.4, 0.5) is 0 Å². The SMILES string of the molecule is COc1cccc([C@@H]2CN(Cc3cccs3)C[C@@H]2CN(CC(C)C)C(=O)C(C)C)c1. The van der Waals surface area contributed by atoms with Gasteiger partial charge in [-0.1, -0.05) is 45.9 Å². The largest absolute Gasteiger partial charge is 0.497 e. The molecule has 1 aromatic heterocycles. The second kappa shape index (κ2) is 10.5. The Hall–Kier alpha value is -1.85. The maximum absolute atomic E-state index is 12.9. The Morgan fingerprint density at radius 2 is 2.00 bits per heavy atom. The predicted molar refractivity (Wildman–Crippen MR) is 125 cm³/mol. The molecule has 0 spiro atoms. The first-order valence-electron chi connectivity index (χ1n) is 11.0. The van der Waals surface area contributed by atoms with E-state index in [1.807, 2.05) is 31.3 Å². The van der Waals surface area contributed by atoms with E-state index in [9.17, 15) is 4.79 Å². The minimum absolute atomic E-state index is 0.0302. The van der Waals surface area contributed by atoms with E-state index < -0.39 is 0 Å². The molecule has 1 amide bonds. The Labute approximate surface area is 185 Å². The van der Waals surface area contributed by atoms with Crippen LogP contribution >= 0.6 is 11.3 Å². The molecule has 0 N–H and O–H groups in total. The molecular formula is C25H36N2O2S. The van der Waals surface area contributed by atoms with Crippen molar-refractivity contribution >= 4 is 17.2 Å². The molecule has 164 valence electrons. The Morgan fingerprint density at radius 3 is 2.63 bits per heavy atom. The molecule has 0 unspecified atom stereocenters. The van der Waals surface area contributed by atoms with Crippen molar-refractivity contribution < 1.29 is 9.53 Å². The molecule has 5 heteroatoms. The molecule has 0 aliphatic carbocycles. The Bertz CT molecular complexity index is 803. The molecular weight excluding hydrogens is 392 g/mol. The summed E-state index contributed by atoms with van der Waals surface area (Å²) in [5.41, 5.74) is 1.31. The summed E-state index contributed by atoms with van der Waals surface area (Å²) in [6, 6.07) is 12.8. The highest BCUT2D eigenvalue weighted by atomic mass is 32.1. The van der Waals surface area contributed by atoms with E-state index in [0.29, 0.717) is 17.8 Å². The van der Waals surface area contributed by atoms with Crippen molar-refractivity contribution in [1.29, 1.82) is 0 Å². The number of ether oxygens (including phenoxy) is 1. The zero-order valence-corrected chi connectivity index (χ0v) is 19.8. The van der Waals surface area contributed by atoms with Crippen molar-refractivity contribution in [3.8, 4) is 5.75 Å². The lowest BCUT2D eigenvalue weighted by molar-refractivity contribution is -0.135. The fourth-order valence-electron chi connectivity index (χ4n) is 4.49. The maximum Gasteiger partial charge on any atom is 0.225 e. The number of nitrogens with zero attached hydrogens (tertiary/aromatic N) is 2. The van der Waals surface area contributed by atoms with E-state index in [1.54, 1.807) is 7.11 Å². The average Bonchev–Trinajstić information content (AvgIpc) is 3.36. The standard InChI is InChI=1S/C25H36N2O2S/c1-18(2)13-27(25(28)19(3)4)15-21-14-26(16-23-10-7-11-30-23)17-24(21)20-8-6-9-22(12-20)29-5/h6-12,18-19,21,24H,13-17H2,1-5H3/t21-,24+/m1/s1. The van der Waals surface area contributed by atoms with E-state index in [1.165, 1.54) is 10.4 Å². The minimum atomic E-state index is 0.0302. The van der Waals surface area contributed by atoms with E-state index in [-0.39, 0.29) is 11.8 Å². The van der Waals surface area contributed by atoms with Crippen LogP contribution < -0.4 is 4.74 Å².